The number of benzene rings is 2. The summed E-state index contributed by atoms with van der Waals surface area (Å²) in [5.74, 6) is -0.273. The van der Waals surface area contributed by atoms with Crippen molar-refractivity contribution in [2.24, 2.45) is 0 Å². The molecular formula is C17H15ClN4O2. The van der Waals surface area contributed by atoms with Crippen LogP contribution >= 0.6 is 11.6 Å². The van der Waals surface area contributed by atoms with Gasteiger partial charge in [-0.15, -0.1) is 0 Å². The van der Waals surface area contributed by atoms with Gasteiger partial charge in [-0.3, -0.25) is 4.79 Å². The smallest absolute Gasteiger partial charge is 0.251 e. The molecule has 2 aromatic carbocycles. The molecule has 0 fully saturated rings. The van der Waals surface area contributed by atoms with E-state index in [0.717, 1.165) is 5.69 Å². The zero-order chi connectivity index (χ0) is 16.9. The van der Waals surface area contributed by atoms with Gasteiger partial charge in [0.25, 0.3) is 5.91 Å². The lowest BCUT2D eigenvalue weighted by Crippen LogP contribution is -2.28. The number of rotatable bonds is 5. The van der Waals surface area contributed by atoms with E-state index >= 15 is 0 Å². The third-order valence-electron chi connectivity index (χ3n) is 3.50. The Morgan fingerprint density at radius 2 is 2.04 bits per heavy atom. The lowest BCUT2D eigenvalue weighted by atomic mass is 10.1. The van der Waals surface area contributed by atoms with Crippen LogP contribution in [0.5, 0.6) is 0 Å². The maximum Gasteiger partial charge on any atom is 0.251 e. The van der Waals surface area contributed by atoms with E-state index in [1.165, 1.54) is 6.33 Å². The van der Waals surface area contributed by atoms with Crippen LogP contribution in [0.2, 0.25) is 5.02 Å². The average molecular weight is 343 g/mol. The van der Waals surface area contributed by atoms with Gasteiger partial charge in [-0.1, -0.05) is 29.8 Å². The summed E-state index contributed by atoms with van der Waals surface area (Å²) < 4.78 is 1.57. The van der Waals surface area contributed by atoms with Crippen molar-refractivity contribution in [3.05, 3.63) is 77.3 Å². The van der Waals surface area contributed by atoms with E-state index in [2.05, 4.69) is 15.4 Å². The van der Waals surface area contributed by atoms with E-state index in [4.69, 9.17) is 11.6 Å². The van der Waals surface area contributed by atoms with Gasteiger partial charge in [-0.2, -0.15) is 5.10 Å². The first-order valence-corrected chi connectivity index (χ1v) is 7.68. The summed E-state index contributed by atoms with van der Waals surface area (Å²) >= 11 is 5.82. The van der Waals surface area contributed by atoms with Crippen molar-refractivity contribution in [2.45, 2.75) is 6.10 Å². The summed E-state index contributed by atoms with van der Waals surface area (Å²) in [6, 6.07) is 13.8. The van der Waals surface area contributed by atoms with Crippen molar-refractivity contribution in [1.29, 1.82) is 0 Å². The highest BCUT2D eigenvalue weighted by Gasteiger charge is 2.11. The van der Waals surface area contributed by atoms with Gasteiger partial charge >= 0.3 is 0 Å². The van der Waals surface area contributed by atoms with Crippen LogP contribution in [0.3, 0.4) is 0 Å². The molecule has 3 rings (SSSR count). The van der Waals surface area contributed by atoms with Crippen molar-refractivity contribution in [2.75, 3.05) is 6.54 Å². The molecule has 7 heteroatoms. The quantitative estimate of drug-likeness (QED) is 0.746. The van der Waals surface area contributed by atoms with Gasteiger partial charge in [0, 0.05) is 17.1 Å². The minimum atomic E-state index is -0.801. The Kier molecular flexibility index (Phi) is 4.88. The Labute approximate surface area is 143 Å². The fourth-order valence-corrected chi connectivity index (χ4v) is 2.35. The Morgan fingerprint density at radius 3 is 2.75 bits per heavy atom. The summed E-state index contributed by atoms with van der Waals surface area (Å²) in [4.78, 5) is 16.1. The second-order valence-electron chi connectivity index (χ2n) is 5.17. The predicted molar refractivity (Wildman–Crippen MR) is 90.1 cm³/mol. The highest BCUT2D eigenvalue weighted by atomic mass is 35.5. The van der Waals surface area contributed by atoms with Gasteiger partial charge in [-0.05, 0) is 35.9 Å². The fraction of sp³-hybridized carbons (Fsp3) is 0.118. The topological polar surface area (TPSA) is 80.0 Å². The monoisotopic (exact) mass is 342 g/mol. The second-order valence-corrected chi connectivity index (χ2v) is 5.60. The molecule has 0 aliphatic carbocycles. The van der Waals surface area contributed by atoms with Crippen LogP contribution < -0.4 is 5.32 Å². The molecule has 1 unspecified atom stereocenters. The van der Waals surface area contributed by atoms with E-state index in [9.17, 15) is 9.90 Å². The number of halogens is 1. The van der Waals surface area contributed by atoms with E-state index < -0.39 is 6.10 Å². The van der Waals surface area contributed by atoms with Crippen LogP contribution in [0.25, 0.3) is 5.69 Å². The van der Waals surface area contributed by atoms with Gasteiger partial charge < -0.3 is 10.4 Å². The molecule has 1 amide bonds. The molecule has 0 bridgehead atoms. The summed E-state index contributed by atoms with van der Waals surface area (Å²) in [6.45, 7) is 0.105. The van der Waals surface area contributed by atoms with Crippen LogP contribution in [0, 0.1) is 0 Å². The molecule has 1 heterocycles. The number of nitrogens with zero attached hydrogens (tertiary/aromatic N) is 3. The Morgan fingerprint density at radius 1 is 1.25 bits per heavy atom. The first-order valence-electron chi connectivity index (χ1n) is 7.30. The van der Waals surface area contributed by atoms with Crippen molar-refractivity contribution in [3.8, 4) is 5.69 Å². The number of hydrogen-bond donors (Lipinski definition) is 2. The van der Waals surface area contributed by atoms with Crippen LogP contribution in [-0.4, -0.2) is 32.3 Å². The van der Waals surface area contributed by atoms with Crippen molar-refractivity contribution >= 4 is 17.5 Å². The third-order valence-corrected chi connectivity index (χ3v) is 3.75. The van der Waals surface area contributed by atoms with Gasteiger partial charge in [0.15, 0.2) is 0 Å². The molecule has 1 aromatic heterocycles. The summed E-state index contributed by atoms with van der Waals surface area (Å²) in [5.41, 5.74) is 1.90. The molecule has 1 atom stereocenters. The number of aliphatic hydroxyl groups excluding tert-OH is 1. The molecule has 0 saturated carbocycles. The van der Waals surface area contributed by atoms with Crippen molar-refractivity contribution in [3.63, 3.8) is 0 Å². The molecule has 0 spiro atoms. The first-order chi connectivity index (χ1) is 11.6. The minimum absolute atomic E-state index is 0.105. The molecule has 2 N–H and O–H groups in total. The van der Waals surface area contributed by atoms with Gasteiger partial charge in [0.2, 0.25) is 0 Å². The van der Waals surface area contributed by atoms with E-state index in [-0.39, 0.29) is 12.5 Å². The standard InChI is InChI=1S/C17H15ClN4O2/c18-14-6-4-12(5-7-14)16(23)9-20-17(24)13-2-1-3-15(8-13)22-11-19-10-21-22/h1-8,10-11,16,23H,9H2,(H,20,24). The number of amides is 1. The highest BCUT2D eigenvalue weighted by Crippen LogP contribution is 2.16. The molecule has 24 heavy (non-hydrogen) atoms. The molecule has 0 aliphatic rings. The maximum absolute atomic E-state index is 12.3. The lowest BCUT2D eigenvalue weighted by molar-refractivity contribution is 0.0916. The molecule has 3 aromatic rings. The molecule has 6 nitrogen and oxygen atoms in total. The fourth-order valence-electron chi connectivity index (χ4n) is 2.23. The first kappa shape index (κ1) is 16.2. The Balaban J connectivity index is 1.65. The highest BCUT2D eigenvalue weighted by molar-refractivity contribution is 6.30. The number of hydrogen-bond acceptors (Lipinski definition) is 4. The molecule has 0 saturated heterocycles. The number of aromatic nitrogens is 3. The lowest BCUT2D eigenvalue weighted by Gasteiger charge is -2.13. The van der Waals surface area contributed by atoms with Crippen LogP contribution in [0.15, 0.2) is 61.2 Å². The van der Waals surface area contributed by atoms with E-state index in [0.29, 0.717) is 16.1 Å². The summed E-state index contributed by atoms with van der Waals surface area (Å²) in [7, 11) is 0. The number of carbonyl (C=O) groups is 1. The van der Waals surface area contributed by atoms with Gasteiger partial charge in [0.1, 0.15) is 12.7 Å². The zero-order valence-electron chi connectivity index (χ0n) is 12.6. The molecular weight excluding hydrogens is 328 g/mol. The number of carbonyl (C=O) groups excluding carboxylic acids is 1. The Hall–Kier alpha value is -2.70. The van der Waals surface area contributed by atoms with Crippen molar-refractivity contribution in [1.82, 2.24) is 20.1 Å². The number of nitrogens with one attached hydrogen (secondary N) is 1. The molecule has 0 radical (unpaired) electrons. The van der Waals surface area contributed by atoms with Gasteiger partial charge in [-0.25, -0.2) is 9.67 Å². The summed E-state index contributed by atoms with van der Waals surface area (Å²) in [5, 5.41) is 17.5. The van der Waals surface area contributed by atoms with E-state index in [1.54, 1.807) is 53.5 Å². The largest absolute Gasteiger partial charge is 0.387 e. The minimum Gasteiger partial charge on any atom is -0.387 e. The zero-order valence-corrected chi connectivity index (χ0v) is 13.4. The van der Waals surface area contributed by atoms with Crippen LogP contribution in [0.4, 0.5) is 0 Å². The Bertz CT molecular complexity index is 819. The average Bonchev–Trinajstić information content (AvgIpc) is 3.15. The number of aliphatic hydroxyl groups is 1. The van der Waals surface area contributed by atoms with Crippen molar-refractivity contribution < 1.29 is 9.90 Å². The normalized spacial score (nSPS) is 11.9. The van der Waals surface area contributed by atoms with E-state index in [1.807, 2.05) is 6.07 Å². The second kappa shape index (κ2) is 7.25. The third kappa shape index (κ3) is 3.79. The van der Waals surface area contributed by atoms with Crippen LogP contribution in [-0.2, 0) is 0 Å². The molecule has 0 aliphatic heterocycles. The summed E-state index contributed by atoms with van der Waals surface area (Å²) in [6.07, 6.45) is 2.18. The predicted octanol–water partition coefficient (Wildman–Crippen LogP) is 2.38. The van der Waals surface area contributed by atoms with Crippen LogP contribution in [0.1, 0.15) is 22.0 Å². The maximum atomic E-state index is 12.3. The molecule has 122 valence electrons. The SMILES string of the molecule is O=C(NCC(O)c1ccc(Cl)cc1)c1cccc(-n2cncn2)c1. The van der Waals surface area contributed by atoms with Gasteiger partial charge in [0.05, 0.1) is 11.8 Å².